The molecule has 7 nitrogen and oxygen atoms in total. The highest BCUT2D eigenvalue weighted by Gasteiger charge is 2.25. The Morgan fingerprint density at radius 1 is 1.24 bits per heavy atom. The number of halogens is 2. The fourth-order valence-electron chi connectivity index (χ4n) is 1.55. The summed E-state index contributed by atoms with van der Waals surface area (Å²) in [6.45, 7) is 5.18. The predicted molar refractivity (Wildman–Crippen MR) is 98.5 cm³/mol. The zero-order chi connectivity index (χ0) is 18.8. The Morgan fingerprint density at radius 2 is 1.92 bits per heavy atom. The highest BCUT2D eigenvalue weighted by molar-refractivity contribution is 7.91. The molecule has 1 heterocycles. The zero-order valence-corrected chi connectivity index (χ0v) is 16.8. The van der Waals surface area contributed by atoms with Crippen molar-refractivity contribution < 1.29 is 13.2 Å². The number of hydrogen-bond donors (Lipinski definition) is 2. The minimum absolute atomic E-state index is 0.0262. The maximum atomic E-state index is 12.3. The maximum absolute atomic E-state index is 12.3. The van der Waals surface area contributed by atoms with E-state index < -0.39 is 15.4 Å². The van der Waals surface area contributed by atoms with Gasteiger partial charge in [-0.2, -0.15) is 0 Å². The number of nitrogens with zero attached hydrogens (tertiary/aromatic N) is 2. The summed E-state index contributed by atoms with van der Waals surface area (Å²) in [5.41, 5.74) is -0.0608. The van der Waals surface area contributed by atoms with E-state index in [1.807, 2.05) is 0 Å². The summed E-state index contributed by atoms with van der Waals surface area (Å²) < 4.78 is 26.7. The fraction of sp³-hybridized carbons (Fsp3) is 0.357. The van der Waals surface area contributed by atoms with Crippen molar-refractivity contribution in [1.82, 2.24) is 14.9 Å². The Hall–Kier alpha value is -1.26. The number of benzene rings is 1. The number of sulfonamides is 1. The van der Waals surface area contributed by atoms with Crippen molar-refractivity contribution >= 4 is 55.6 Å². The van der Waals surface area contributed by atoms with Gasteiger partial charge in [0.1, 0.15) is 0 Å². The molecule has 0 aliphatic carbocycles. The van der Waals surface area contributed by atoms with Crippen LogP contribution < -0.4 is 10.0 Å². The SMILES string of the molecule is CC(C)(C)C(=O)Nc1nnc(S(=O)(=O)NCc2ccc(Cl)cc2Cl)s1. The Balaban J connectivity index is 2.08. The molecule has 0 unspecified atom stereocenters. The van der Waals surface area contributed by atoms with Gasteiger partial charge < -0.3 is 5.32 Å². The lowest BCUT2D eigenvalue weighted by Crippen LogP contribution is -2.27. The first-order valence-corrected chi connectivity index (χ1v) is 10.1. The van der Waals surface area contributed by atoms with Crippen molar-refractivity contribution in [2.45, 2.75) is 31.7 Å². The number of carbonyl (C=O) groups excluding carboxylic acids is 1. The average molecular weight is 423 g/mol. The minimum Gasteiger partial charge on any atom is -0.300 e. The maximum Gasteiger partial charge on any atom is 0.270 e. The smallest absolute Gasteiger partial charge is 0.270 e. The van der Waals surface area contributed by atoms with Crippen molar-refractivity contribution in [2.75, 3.05) is 5.32 Å². The summed E-state index contributed by atoms with van der Waals surface area (Å²) >= 11 is 12.6. The Kier molecular flexibility index (Phi) is 6.05. The van der Waals surface area contributed by atoms with Gasteiger partial charge in [0.15, 0.2) is 0 Å². The number of carbonyl (C=O) groups is 1. The van der Waals surface area contributed by atoms with Crippen LogP contribution in [0.15, 0.2) is 22.5 Å². The highest BCUT2D eigenvalue weighted by Crippen LogP contribution is 2.24. The van der Waals surface area contributed by atoms with Crippen molar-refractivity contribution in [2.24, 2.45) is 5.41 Å². The van der Waals surface area contributed by atoms with Gasteiger partial charge in [0.25, 0.3) is 10.0 Å². The molecule has 0 saturated carbocycles. The molecule has 1 aromatic heterocycles. The van der Waals surface area contributed by atoms with E-state index in [0.717, 1.165) is 11.3 Å². The average Bonchev–Trinajstić information content (AvgIpc) is 2.94. The Labute approximate surface area is 159 Å². The summed E-state index contributed by atoms with van der Waals surface area (Å²) in [4.78, 5) is 11.9. The van der Waals surface area contributed by atoms with E-state index in [9.17, 15) is 13.2 Å². The lowest BCUT2D eigenvalue weighted by Gasteiger charge is -2.15. The molecule has 0 radical (unpaired) electrons. The molecule has 11 heteroatoms. The van der Waals surface area contributed by atoms with Gasteiger partial charge in [-0.25, -0.2) is 13.1 Å². The molecule has 1 aromatic carbocycles. The number of amides is 1. The van der Waals surface area contributed by atoms with Crippen LogP contribution in [0.3, 0.4) is 0 Å². The third kappa shape index (κ3) is 5.35. The van der Waals surface area contributed by atoms with Crippen LogP contribution in [0, 0.1) is 5.41 Å². The van der Waals surface area contributed by atoms with Crippen molar-refractivity contribution in [1.29, 1.82) is 0 Å². The summed E-state index contributed by atoms with van der Waals surface area (Å²) in [5, 5.41) is 10.8. The van der Waals surface area contributed by atoms with Crippen LogP contribution in [0.5, 0.6) is 0 Å². The van der Waals surface area contributed by atoms with Gasteiger partial charge in [0, 0.05) is 22.0 Å². The van der Waals surface area contributed by atoms with Gasteiger partial charge in [0.2, 0.25) is 15.4 Å². The van der Waals surface area contributed by atoms with Crippen LogP contribution in [0.2, 0.25) is 10.0 Å². The zero-order valence-electron chi connectivity index (χ0n) is 13.6. The van der Waals surface area contributed by atoms with Crippen molar-refractivity contribution in [3.05, 3.63) is 33.8 Å². The second-order valence-corrected chi connectivity index (χ2v) is 9.90. The summed E-state index contributed by atoms with van der Waals surface area (Å²) in [7, 11) is -3.88. The van der Waals surface area contributed by atoms with E-state index in [-0.39, 0.29) is 21.9 Å². The summed E-state index contributed by atoms with van der Waals surface area (Å²) in [5.74, 6) is -0.284. The Bertz CT molecular complexity index is 892. The van der Waals surface area contributed by atoms with Gasteiger partial charge in [-0.15, -0.1) is 10.2 Å². The number of rotatable bonds is 5. The molecule has 2 N–H and O–H groups in total. The predicted octanol–water partition coefficient (Wildman–Crippen LogP) is 3.31. The monoisotopic (exact) mass is 422 g/mol. The number of anilines is 1. The molecular weight excluding hydrogens is 407 g/mol. The molecule has 0 fully saturated rings. The van der Waals surface area contributed by atoms with Gasteiger partial charge in [-0.1, -0.05) is 61.4 Å². The first kappa shape index (κ1) is 20.1. The third-order valence-electron chi connectivity index (χ3n) is 3.01. The number of hydrogen-bond acceptors (Lipinski definition) is 6. The second-order valence-electron chi connectivity index (χ2n) is 6.14. The van der Waals surface area contributed by atoms with E-state index in [2.05, 4.69) is 20.2 Å². The summed E-state index contributed by atoms with van der Waals surface area (Å²) in [6.07, 6.45) is 0. The largest absolute Gasteiger partial charge is 0.300 e. The topological polar surface area (TPSA) is 101 Å². The Morgan fingerprint density at radius 3 is 2.52 bits per heavy atom. The molecule has 2 aromatic rings. The van der Waals surface area contributed by atoms with Gasteiger partial charge in [-0.05, 0) is 17.7 Å². The first-order valence-electron chi connectivity index (χ1n) is 7.07. The molecule has 0 spiro atoms. The standard InChI is InChI=1S/C14H16Cl2N4O3S2/c1-14(2,3)11(21)18-12-19-20-13(24-12)25(22,23)17-7-8-4-5-9(15)6-10(8)16/h4-6,17H,7H2,1-3H3,(H,18,19,21). The van der Waals surface area contributed by atoms with Crippen LogP contribution >= 0.6 is 34.5 Å². The molecule has 0 bridgehead atoms. The molecule has 136 valence electrons. The molecule has 25 heavy (non-hydrogen) atoms. The molecular formula is C14H16Cl2N4O3S2. The minimum atomic E-state index is -3.88. The van der Waals surface area contributed by atoms with E-state index >= 15 is 0 Å². The molecule has 1 amide bonds. The molecule has 2 rings (SSSR count). The van der Waals surface area contributed by atoms with Gasteiger partial charge >= 0.3 is 0 Å². The fourth-order valence-corrected chi connectivity index (χ4v) is 3.97. The number of aromatic nitrogens is 2. The van der Waals surface area contributed by atoms with Crippen molar-refractivity contribution in [3.63, 3.8) is 0 Å². The van der Waals surface area contributed by atoms with Crippen LogP contribution in [0.1, 0.15) is 26.3 Å². The van der Waals surface area contributed by atoms with Gasteiger partial charge in [0.05, 0.1) is 0 Å². The van der Waals surface area contributed by atoms with Crippen LogP contribution in [0.4, 0.5) is 5.13 Å². The highest BCUT2D eigenvalue weighted by atomic mass is 35.5. The molecule has 0 aliphatic rings. The lowest BCUT2D eigenvalue weighted by atomic mass is 9.96. The first-order chi connectivity index (χ1) is 11.5. The van der Waals surface area contributed by atoms with E-state index in [1.165, 1.54) is 6.07 Å². The normalized spacial score (nSPS) is 12.2. The molecule has 0 atom stereocenters. The number of nitrogens with one attached hydrogen (secondary N) is 2. The van der Waals surface area contributed by atoms with Crippen molar-refractivity contribution in [3.8, 4) is 0 Å². The van der Waals surface area contributed by atoms with E-state index in [4.69, 9.17) is 23.2 Å². The molecule has 0 aliphatic heterocycles. The van der Waals surface area contributed by atoms with Crippen LogP contribution in [-0.4, -0.2) is 24.5 Å². The van der Waals surface area contributed by atoms with Gasteiger partial charge in [-0.3, -0.25) is 4.79 Å². The van der Waals surface area contributed by atoms with E-state index in [0.29, 0.717) is 15.6 Å². The second kappa shape index (κ2) is 7.55. The van der Waals surface area contributed by atoms with E-state index in [1.54, 1.807) is 32.9 Å². The summed E-state index contributed by atoms with van der Waals surface area (Å²) in [6, 6.07) is 4.77. The quantitative estimate of drug-likeness (QED) is 0.719. The van der Waals surface area contributed by atoms with Crippen LogP contribution in [-0.2, 0) is 21.4 Å². The molecule has 0 saturated heterocycles. The lowest BCUT2D eigenvalue weighted by molar-refractivity contribution is -0.123. The van der Waals surface area contributed by atoms with Crippen LogP contribution in [0.25, 0.3) is 0 Å². The third-order valence-corrected chi connectivity index (χ3v) is 6.20.